The Morgan fingerprint density at radius 2 is 1.63 bits per heavy atom. The number of hydrogen-bond acceptors (Lipinski definition) is 4. The Bertz CT molecular complexity index is 1570. The summed E-state index contributed by atoms with van der Waals surface area (Å²) in [6, 6.07) is 31.3. The molecule has 0 aliphatic carbocycles. The molecule has 1 heterocycles. The van der Waals surface area contributed by atoms with E-state index in [9.17, 15) is 4.79 Å². The zero-order valence-corrected chi connectivity index (χ0v) is 22.9. The number of para-hydroxylation sites is 1. The first-order valence-electron chi connectivity index (χ1n) is 12.0. The molecule has 1 N–H and O–H groups in total. The van der Waals surface area contributed by atoms with Crippen molar-refractivity contribution in [1.82, 2.24) is 14.8 Å². The summed E-state index contributed by atoms with van der Waals surface area (Å²) in [6.07, 6.45) is 0.734. The fourth-order valence-electron chi connectivity index (χ4n) is 4.03. The van der Waals surface area contributed by atoms with Crippen molar-refractivity contribution in [1.29, 1.82) is 0 Å². The highest BCUT2D eigenvalue weighted by Crippen LogP contribution is 2.31. The molecule has 0 bridgehead atoms. The molecule has 5 aromatic rings. The summed E-state index contributed by atoms with van der Waals surface area (Å²) >= 11 is 13.9. The average Bonchev–Trinajstić information content (AvgIpc) is 3.35. The van der Waals surface area contributed by atoms with Crippen molar-refractivity contribution in [2.75, 3.05) is 11.1 Å². The number of rotatable bonds is 8. The number of hydrogen-bond donors (Lipinski definition) is 1. The maximum absolute atomic E-state index is 13.0. The van der Waals surface area contributed by atoms with Crippen LogP contribution in [0.2, 0.25) is 10.0 Å². The van der Waals surface area contributed by atoms with Crippen LogP contribution in [0.4, 0.5) is 5.69 Å². The Morgan fingerprint density at radius 3 is 2.39 bits per heavy atom. The topological polar surface area (TPSA) is 59.8 Å². The molecule has 1 amide bonds. The van der Waals surface area contributed by atoms with Crippen LogP contribution in [0.15, 0.2) is 102 Å². The highest BCUT2D eigenvalue weighted by Gasteiger charge is 2.18. The van der Waals surface area contributed by atoms with E-state index < -0.39 is 0 Å². The number of halogens is 2. The van der Waals surface area contributed by atoms with E-state index in [4.69, 9.17) is 23.2 Å². The summed E-state index contributed by atoms with van der Waals surface area (Å²) in [4.78, 5) is 13.0. The summed E-state index contributed by atoms with van der Waals surface area (Å²) in [5.74, 6) is 0.676. The largest absolute Gasteiger partial charge is 0.325 e. The number of amides is 1. The van der Waals surface area contributed by atoms with Gasteiger partial charge in [0.15, 0.2) is 11.0 Å². The van der Waals surface area contributed by atoms with Crippen LogP contribution in [0.5, 0.6) is 0 Å². The molecule has 5 nitrogen and oxygen atoms in total. The summed E-state index contributed by atoms with van der Waals surface area (Å²) in [5, 5.41) is 13.8. The van der Waals surface area contributed by atoms with E-state index in [1.165, 1.54) is 17.3 Å². The zero-order chi connectivity index (χ0) is 26.5. The predicted octanol–water partition coefficient (Wildman–Crippen LogP) is 7.87. The van der Waals surface area contributed by atoms with Crippen LogP contribution >= 0.6 is 35.0 Å². The van der Waals surface area contributed by atoms with E-state index >= 15 is 0 Å². The normalized spacial score (nSPS) is 10.9. The Balaban J connectivity index is 1.37. The fourth-order valence-corrected chi connectivity index (χ4v) is 5.08. The third kappa shape index (κ3) is 6.10. The number of anilines is 1. The third-order valence-electron chi connectivity index (χ3n) is 6.01. The lowest BCUT2D eigenvalue weighted by molar-refractivity contribution is -0.113. The average molecular weight is 560 g/mol. The molecule has 38 heavy (non-hydrogen) atoms. The third-order valence-corrected chi connectivity index (χ3v) is 7.60. The maximum Gasteiger partial charge on any atom is 0.234 e. The smallest absolute Gasteiger partial charge is 0.234 e. The van der Waals surface area contributed by atoms with Crippen molar-refractivity contribution in [2.24, 2.45) is 0 Å². The Labute approximate surface area is 235 Å². The van der Waals surface area contributed by atoms with Gasteiger partial charge in [0.1, 0.15) is 0 Å². The van der Waals surface area contributed by atoms with Crippen LogP contribution in [0, 0.1) is 6.92 Å². The molecule has 4 aromatic carbocycles. The summed E-state index contributed by atoms with van der Waals surface area (Å²) in [5.41, 5.74) is 5.67. The minimum atomic E-state index is -0.125. The van der Waals surface area contributed by atoms with Gasteiger partial charge in [-0.3, -0.25) is 9.36 Å². The van der Waals surface area contributed by atoms with E-state index in [1.54, 1.807) is 0 Å². The Kier molecular flexibility index (Phi) is 8.13. The zero-order valence-electron chi connectivity index (χ0n) is 20.6. The van der Waals surface area contributed by atoms with Crippen LogP contribution in [0.1, 0.15) is 16.7 Å². The maximum atomic E-state index is 13.0. The number of aromatic nitrogens is 3. The van der Waals surface area contributed by atoms with Crippen LogP contribution < -0.4 is 5.32 Å². The highest BCUT2D eigenvalue weighted by molar-refractivity contribution is 7.99. The highest BCUT2D eigenvalue weighted by atomic mass is 35.5. The molecular formula is C30H24Cl2N4OS. The number of aryl methyl sites for hydroxylation is 1. The van der Waals surface area contributed by atoms with E-state index in [0.717, 1.165) is 34.5 Å². The molecule has 0 spiro atoms. The first-order valence-corrected chi connectivity index (χ1v) is 13.7. The van der Waals surface area contributed by atoms with Gasteiger partial charge in [0.05, 0.1) is 11.4 Å². The Morgan fingerprint density at radius 1 is 0.895 bits per heavy atom. The van der Waals surface area contributed by atoms with Crippen molar-refractivity contribution < 1.29 is 4.79 Å². The van der Waals surface area contributed by atoms with Gasteiger partial charge in [-0.15, -0.1) is 10.2 Å². The molecular weight excluding hydrogens is 535 g/mol. The van der Waals surface area contributed by atoms with Gasteiger partial charge in [-0.25, -0.2) is 0 Å². The number of benzene rings is 4. The van der Waals surface area contributed by atoms with Gasteiger partial charge >= 0.3 is 0 Å². The van der Waals surface area contributed by atoms with E-state index in [1.807, 2.05) is 96.4 Å². The standard InChI is InChI=1S/C30H24Cl2N4OS/c1-20-11-16-25(18-26(20)32)36-29(22-12-14-24(31)15-13-22)34-35-30(36)38-19-28(37)33-27-10-6-5-9-23(27)17-21-7-3-2-4-8-21/h2-16,18H,17,19H2,1H3,(H,33,37). The van der Waals surface area contributed by atoms with Gasteiger partial charge in [0.2, 0.25) is 5.91 Å². The van der Waals surface area contributed by atoms with E-state index in [2.05, 4.69) is 27.6 Å². The molecule has 1 aromatic heterocycles. The number of nitrogens with zero attached hydrogens (tertiary/aromatic N) is 3. The van der Waals surface area contributed by atoms with E-state index in [0.29, 0.717) is 21.0 Å². The second-order valence-electron chi connectivity index (χ2n) is 8.74. The summed E-state index contributed by atoms with van der Waals surface area (Å²) < 4.78 is 1.91. The second kappa shape index (κ2) is 11.9. The quantitative estimate of drug-likeness (QED) is 0.197. The first kappa shape index (κ1) is 26.0. The van der Waals surface area contributed by atoms with Crippen LogP contribution in [-0.2, 0) is 11.2 Å². The number of carbonyl (C=O) groups excluding carboxylic acids is 1. The number of carbonyl (C=O) groups is 1. The van der Waals surface area contributed by atoms with Crippen molar-refractivity contribution in [2.45, 2.75) is 18.5 Å². The molecule has 0 unspecified atom stereocenters. The van der Waals surface area contributed by atoms with Crippen molar-refractivity contribution in [3.63, 3.8) is 0 Å². The summed E-state index contributed by atoms with van der Waals surface area (Å²) in [6.45, 7) is 1.95. The van der Waals surface area contributed by atoms with Crippen molar-refractivity contribution in [3.8, 4) is 17.1 Å². The number of nitrogens with one attached hydrogen (secondary N) is 1. The number of thioether (sulfide) groups is 1. The molecule has 0 fully saturated rings. The van der Waals surface area contributed by atoms with Crippen molar-refractivity contribution in [3.05, 3.63) is 124 Å². The first-order chi connectivity index (χ1) is 18.5. The van der Waals surface area contributed by atoms with E-state index in [-0.39, 0.29) is 11.7 Å². The van der Waals surface area contributed by atoms with Gasteiger partial charge in [-0.2, -0.15) is 0 Å². The van der Waals surface area contributed by atoms with Gasteiger partial charge < -0.3 is 5.32 Å². The molecule has 0 aliphatic heterocycles. The molecule has 0 saturated carbocycles. The van der Waals surface area contributed by atoms with Gasteiger partial charge in [0.25, 0.3) is 0 Å². The molecule has 0 atom stereocenters. The molecule has 8 heteroatoms. The lowest BCUT2D eigenvalue weighted by atomic mass is 10.0. The Hall–Kier alpha value is -3.58. The molecule has 0 radical (unpaired) electrons. The predicted molar refractivity (Wildman–Crippen MR) is 157 cm³/mol. The van der Waals surface area contributed by atoms with Crippen molar-refractivity contribution >= 4 is 46.6 Å². The molecule has 0 aliphatic rings. The molecule has 0 saturated heterocycles. The lowest BCUT2D eigenvalue weighted by Crippen LogP contribution is -2.16. The molecule has 190 valence electrons. The monoisotopic (exact) mass is 558 g/mol. The minimum Gasteiger partial charge on any atom is -0.325 e. The van der Waals surface area contributed by atoms with Gasteiger partial charge in [-0.1, -0.05) is 89.6 Å². The summed E-state index contributed by atoms with van der Waals surface area (Å²) in [7, 11) is 0. The van der Waals surface area contributed by atoms with Crippen LogP contribution in [0.25, 0.3) is 17.1 Å². The van der Waals surface area contributed by atoms with Gasteiger partial charge in [-0.05, 0) is 72.5 Å². The second-order valence-corrected chi connectivity index (χ2v) is 10.5. The van der Waals surface area contributed by atoms with Gasteiger partial charge in [0, 0.05) is 21.3 Å². The SMILES string of the molecule is Cc1ccc(-n2c(SCC(=O)Nc3ccccc3Cc3ccccc3)nnc2-c2ccc(Cl)cc2)cc1Cl. The minimum absolute atomic E-state index is 0.125. The molecule has 5 rings (SSSR count). The van der Waals surface area contributed by atoms with Crippen LogP contribution in [0.3, 0.4) is 0 Å². The lowest BCUT2D eigenvalue weighted by Gasteiger charge is -2.13. The fraction of sp³-hybridized carbons (Fsp3) is 0.100. The van der Waals surface area contributed by atoms with Crippen LogP contribution in [-0.4, -0.2) is 26.4 Å².